The largest absolute Gasteiger partial charge is 0.488 e. The van der Waals surface area contributed by atoms with E-state index < -0.39 is 0 Å². The maximum Gasteiger partial charge on any atom is 0.261 e. The molecule has 0 spiro atoms. The topological polar surface area (TPSA) is 81.4 Å². The van der Waals surface area contributed by atoms with Crippen LogP contribution in [0.3, 0.4) is 0 Å². The van der Waals surface area contributed by atoms with E-state index in [0.717, 1.165) is 26.6 Å². The van der Waals surface area contributed by atoms with E-state index in [9.17, 15) is 4.79 Å². The van der Waals surface area contributed by atoms with Crippen molar-refractivity contribution in [2.24, 2.45) is 5.10 Å². The third kappa shape index (κ3) is 4.90. The number of para-hydroxylation sites is 2. The van der Waals surface area contributed by atoms with Crippen molar-refractivity contribution in [1.82, 2.24) is 20.4 Å². The number of carbonyl (C=O) groups is 1. The van der Waals surface area contributed by atoms with Crippen LogP contribution in [0.1, 0.15) is 11.1 Å². The third-order valence-corrected chi connectivity index (χ3v) is 4.80. The Bertz CT molecular complexity index is 1200. The van der Waals surface area contributed by atoms with Crippen LogP contribution in [0.15, 0.2) is 82.4 Å². The molecule has 0 aliphatic carbocycles. The van der Waals surface area contributed by atoms with Crippen molar-refractivity contribution in [3.8, 4) is 5.75 Å². The fourth-order valence-corrected chi connectivity index (χ4v) is 3.33. The van der Waals surface area contributed by atoms with Gasteiger partial charge in [0.2, 0.25) is 0 Å². The van der Waals surface area contributed by atoms with E-state index in [1.54, 1.807) is 6.21 Å². The van der Waals surface area contributed by atoms with E-state index in [1.165, 1.54) is 4.68 Å². The number of rotatable bonds is 7. The first kappa shape index (κ1) is 19.8. The minimum atomic E-state index is -0.297. The van der Waals surface area contributed by atoms with E-state index in [0.29, 0.717) is 12.4 Å². The molecule has 30 heavy (non-hydrogen) atoms. The molecule has 8 heteroatoms. The Hall–Kier alpha value is -3.52. The van der Waals surface area contributed by atoms with Crippen LogP contribution in [-0.2, 0) is 17.9 Å². The molecule has 3 aromatic carbocycles. The van der Waals surface area contributed by atoms with E-state index in [2.05, 4.69) is 36.8 Å². The monoisotopic (exact) mass is 463 g/mol. The Morgan fingerprint density at radius 2 is 1.93 bits per heavy atom. The molecule has 1 heterocycles. The maximum absolute atomic E-state index is 12.2. The SMILES string of the molecule is O=C(Cn1nnc2ccccc21)N/N=C\c1ccccc1OCc1cccc(Br)c1. The predicted molar refractivity (Wildman–Crippen MR) is 118 cm³/mol. The minimum absolute atomic E-state index is 0.0267. The van der Waals surface area contributed by atoms with Gasteiger partial charge in [-0.05, 0) is 42.0 Å². The van der Waals surface area contributed by atoms with Gasteiger partial charge >= 0.3 is 0 Å². The van der Waals surface area contributed by atoms with Crippen LogP contribution in [0.4, 0.5) is 0 Å². The molecule has 150 valence electrons. The molecule has 0 saturated heterocycles. The lowest BCUT2D eigenvalue weighted by atomic mass is 10.2. The van der Waals surface area contributed by atoms with E-state index in [-0.39, 0.29) is 12.5 Å². The molecule has 7 nitrogen and oxygen atoms in total. The predicted octanol–water partition coefficient (Wildman–Crippen LogP) is 3.92. The number of ether oxygens (including phenoxy) is 1. The second-order valence-electron chi connectivity index (χ2n) is 6.49. The molecule has 1 aromatic heterocycles. The van der Waals surface area contributed by atoms with Crippen LogP contribution < -0.4 is 10.2 Å². The first-order chi connectivity index (χ1) is 14.7. The van der Waals surface area contributed by atoms with Gasteiger partial charge in [0.1, 0.15) is 24.4 Å². The maximum atomic E-state index is 12.2. The number of hydrogen-bond donors (Lipinski definition) is 1. The number of benzene rings is 3. The molecule has 0 aliphatic heterocycles. The number of halogens is 1. The molecule has 1 amide bonds. The molecular weight excluding hydrogens is 446 g/mol. The molecule has 0 bridgehead atoms. The molecule has 0 saturated carbocycles. The Kier molecular flexibility index (Phi) is 6.14. The normalized spacial score (nSPS) is 11.1. The Morgan fingerprint density at radius 1 is 1.10 bits per heavy atom. The molecule has 1 N–H and O–H groups in total. The van der Waals surface area contributed by atoms with Gasteiger partial charge < -0.3 is 4.74 Å². The van der Waals surface area contributed by atoms with E-state index in [4.69, 9.17) is 4.74 Å². The first-order valence-corrected chi connectivity index (χ1v) is 10.0. The van der Waals surface area contributed by atoms with E-state index >= 15 is 0 Å². The highest BCUT2D eigenvalue weighted by Gasteiger charge is 2.08. The lowest BCUT2D eigenvalue weighted by Gasteiger charge is -2.09. The van der Waals surface area contributed by atoms with Crippen LogP contribution in [0.2, 0.25) is 0 Å². The first-order valence-electron chi connectivity index (χ1n) is 9.25. The molecule has 0 fully saturated rings. The third-order valence-electron chi connectivity index (χ3n) is 4.31. The second kappa shape index (κ2) is 9.32. The Morgan fingerprint density at radius 3 is 2.83 bits per heavy atom. The summed E-state index contributed by atoms with van der Waals surface area (Å²) in [6, 6.07) is 22.9. The van der Waals surface area contributed by atoms with Crippen molar-refractivity contribution < 1.29 is 9.53 Å². The lowest BCUT2D eigenvalue weighted by molar-refractivity contribution is -0.121. The van der Waals surface area contributed by atoms with Crippen molar-refractivity contribution in [1.29, 1.82) is 0 Å². The second-order valence-corrected chi connectivity index (χ2v) is 7.40. The molecule has 0 unspecified atom stereocenters. The lowest BCUT2D eigenvalue weighted by Crippen LogP contribution is -2.23. The van der Waals surface area contributed by atoms with Gasteiger partial charge in [-0.2, -0.15) is 5.10 Å². The van der Waals surface area contributed by atoms with Gasteiger partial charge in [-0.15, -0.1) is 5.10 Å². The fourth-order valence-electron chi connectivity index (χ4n) is 2.89. The van der Waals surface area contributed by atoms with Crippen molar-refractivity contribution in [2.45, 2.75) is 13.2 Å². The van der Waals surface area contributed by atoms with Gasteiger partial charge in [0, 0.05) is 10.0 Å². The standard InChI is InChI=1S/C22H18BrN5O2/c23-18-8-5-6-16(12-18)15-30-21-11-4-1-7-17(21)13-24-26-22(29)14-28-20-10-3-2-9-19(20)25-27-28/h1-13H,14-15H2,(H,26,29)/b24-13-. The summed E-state index contributed by atoms with van der Waals surface area (Å²) in [5.41, 5.74) is 5.87. The highest BCUT2D eigenvalue weighted by atomic mass is 79.9. The van der Waals surface area contributed by atoms with Gasteiger partial charge in [0.05, 0.1) is 11.7 Å². The summed E-state index contributed by atoms with van der Waals surface area (Å²) in [6.07, 6.45) is 1.56. The van der Waals surface area contributed by atoms with Crippen LogP contribution in [-0.4, -0.2) is 27.1 Å². The number of hydrogen-bond acceptors (Lipinski definition) is 5. The number of amides is 1. The van der Waals surface area contributed by atoms with Crippen LogP contribution >= 0.6 is 15.9 Å². The smallest absolute Gasteiger partial charge is 0.261 e. The summed E-state index contributed by atoms with van der Waals surface area (Å²) < 4.78 is 8.46. The number of aromatic nitrogens is 3. The molecule has 0 radical (unpaired) electrons. The van der Waals surface area contributed by atoms with Crippen molar-refractivity contribution in [3.63, 3.8) is 0 Å². The minimum Gasteiger partial charge on any atom is -0.488 e. The van der Waals surface area contributed by atoms with Gasteiger partial charge in [0.25, 0.3) is 5.91 Å². The van der Waals surface area contributed by atoms with E-state index in [1.807, 2.05) is 72.8 Å². The number of nitrogens with one attached hydrogen (secondary N) is 1. The van der Waals surface area contributed by atoms with Crippen molar-refractivity contribution in [3.05, 3.63) is 88.4 Å². The fraction of sp³-hybridized carbons (Fsp3) is 0.0909. The summed E-state index contributed by atoms with van der Waals surface area (Å²) in [7, 11) is 0. The Balaban J connectivity index is 1.37. The summed E-state index contributed by atoms with van der Waals surface area (Å²) in [5.74, 6) is 0.382. The van der Waals surface area contributed by atoms with Crippen LogP contribution in [0, 0.1) is 0 Å². The number of nitrogens with zero attached hydrogens (tertiary/aromatic N) is 4. The molecule has 0 aliphatic rings. The van der Waals surface area contributed by atoms with Gasteiger partial charge in [0.15, 0.2) is 0 Å². The summed E-state index contributed by atoms with van der Waals surface area (Å²) in [4.78, 5) is 12.2. The zero-order valence-electron chi connectivity index (χ0n) is 15.9. The van der Waals surface area contributed by atoms with Gasteiger partial charge in [-0.25, -0.2) is 10.1 Å². The average molecular weight is 464 g/mol. The zero-order chi connectivity index (χ0) is 20.8. The quantitative estimate of drug-likeness (QED) is 0.332. The van der Waals surface area contributed by atoms with Crippen LogP contribution in [0.25, 0.3) is 11.0 Å². The van der Waals surface area contributed by atoms with Crippen molar-refractivity contribution in [2.75, 3.05) is 0 Å². The highest BCUT2D eigenvalue weighted by molar-refractivity contribution is 9.10. The van der Waals surface area contributed by atoms with Gasteiger partial charge in [-0.3, -0.25) is 4.79 Å². The number of carbonyl (C=O) groups excluding carboxylic acids is 1. The summed E-state index contributed by atoms with van der Waals surface area (Å²) >= 11 is 3.46. The molecule has 4 aromatic rings. The number of fused-ring (bicyclic) bond motifs is 1. The molecule has 4 rings (SSSR count). The highest BCUT2D eigenvalue weighted by Crippen LogP contribution is 2.19. The van der Waals surface area contributed by atoms with Gasteiger partial charge in [-0.1, -0.05) is 57.5 Å². The molecular formula is C22H18BrN5O2. The summed E-state index contributed by atoms with van der Waals surface area (Å²) in [5, 5.41) is 12.1. The molecule has 0 atom stereocenters. The number of hydrazone groups is 1. The Labute approximate surface area is 181 Å². The van der Waals surface area contributed by atoms with Crippen LogP contribution in [0.5, 0.6) is 5.75 Å². The zero-order valence-corrected chi connectivity index (χ0v) is 17.5. The summed E-state index contributed by atoms with van der Waals surface area (Å²) in [6.45, 7) is 0.453. The average Bonchev–Trinajstić information content (AvgIpc) is 3.16. The van der Waals surface area contributed by atoms with Crippen molar-refractivity contribution >= 4 is 39.1 Å².